The minimum atomic E-state index is -0.168. The lowest BCUT2D eigenvalue weighted by molar-refractivity contribution is 0.0965. The van der Waals surface area contributed by atoms with E-state index in [1.165, 1.54) is 73.6 Å². The molecular weight excluding hydrogens is 1830 g/mol. The Kier molecular flexibility index (Phi) is 46.2. The first-order chi connectivity index (χ1) is 70.8. The lowest BCUT2D eigenvalue weighted by atomic mass is 9.86. The monoisotopic (exact) mass is 1970 g/mol. The van der Waals surface area contributed by atoms with E-state index in [-0.39, 0.29) is 78.9 Å². The van der Waals surface area contributed by atoms with Crippen molar-refractivity contribution in [2.24, 2.45) is 37.0 Å². The molecule has 0 bridgehead atoms. The van der Waals surface area contributed by atoms with Gasteiger partial charge in [-0.2, -0.15) is 0 Å². The van der Waals surface area contributed by atoms with E-state index in [2.05, 4.69) is 109 Å². The quantitative estimate of drug-likeness (QED) is 0.0293. The number of aryl methyl sites for hydroxylation is 11. The van der Waals surface area contributed by atoms with E-state index in [9.17, 15) is 38.7 Å². The van der Waals surface area contributed by atoms with Crippen LogP contribution in [0.3, 0.4) is 0 Å². The fourth-order valence-electron chi connectivity index (χ4n) is 15.1. The molecule has 147 heavy (non-hydrogen) atoms. The fraction of sp³-hybridized carbons (Fsp3) is 0.224. The van der Waals surface area contributed by atoms with Crippen LogP contribution in [0.2, 0.25) is 0 Å². The highest BCUT2D eigenvalue weighted by molar-refractivity contribution is 6.05. The van der Waals surface area contributed by atoms with Gasteiger partial charge in [-0.1, -0.05) is 218 Å². The Morgan fingerprint density at radius 3 is 1.64 bits per heavy atom. The average molecular weight is 1970 g/mol. The second-order valence-electron chi connectivity index (χ2n) is 35.1. The van der Waals surface area contributed by atoms with Crippen LogP contribution in [-0.2, 0) is 26.3 Å². The van der Waals surface area contributed by atoms with Crippen molar-refractivity contribution in [1.82, 2.24) is 19.9 Å². The van der Waals surface area contributed by atoms with Crippen molar-refractivity contribution in [3.05, 3.63) is 466 Å². The first-order valence-electron chi connectivity index (χ1n) is 48.5. The van der Waals surface area contributed by atoms with Crippen molar-refractivity contribution in [3.8, 4) is 28.7 Å². The molecule has 0 unspecified atom stereocenters. The van der Waals surface area contributed by atoms with Crippen molar-refractivity contribution in [2.45, 2.75) is 115 Å². The highest BCUT2D eigenvalue weighted by Gasteiger charge is 2.18. The molecule has 754 valence electrons. The number of aliphatic imine (C=N–C) groups is 6. The zero-order chi connectivity index (χ0) is 106. The summed E-state index contributed by atoms with van der Waals surface area (Å²) >= 11 is 0. The molecule has 1 aliphatic rings. The number of nitrogens with zero attached hydrogens (tertiary/aromatic N) is 9. The molecule has 22 nitrogen and oxygen atoms in total. The maximum Gasteiger partial charge on any atom is 0.255 e. The number of ether oxygens (including phenoxy) is 4. The van der Waals surface area contributed by atoms with Crippen LogP contribution in [-0.4, -0.2) is 158 Å². The number of Topliss-reactive ketones (excluding diaryl/α,β-unsaturated/α-hetero) is 5. The number of fused-ring (bicyclic) bond motifs is 1. The second-order valence-corrected chi connectivity index (χ2v) is 35.1. The zero-order valence-corrected chi connectivity index (χ0v) is 87.2. The van der Waals surface area contributed by atoms with Crippen LogP contribution in [0.25, 0.3) is 11.1 Å². The molecule has 1 aliphatic carbocycles. The molecule has 11 aromatic carbocycles. The standard InChI is InChI=1S/C21H23NO.C20H23NO.C18H18N2O.C17H18N2O4.C17H17NO.C16H18N2O2.C16H15NO2/c1-3-16-10-11-20-17(13-16)7-5-9-19(20)14-22-21(23)18-8-4-6-15(2)12-18;1-13-6-9-19(16(4)10-13)17(5)21-12-20(22)18-8-7-14(2)15(3)11-18;1-13(2)15-7-6-8-16(11-15)18(21)12-20-14(3)17-9-4-5-10-19-17;1-19-11-13(7-8-16(19)21)14(20)10-18-9-12-5-4-6-15(22-2)17(12)23-3;1-13-6-5-9-15(10-13)17(19)12-18-11-16-8-4-3-7-14(16)2;1-19-15-6-5-13(10-16(15)20-2)7-9-18-12-14-4-3-8-17-11-14;1-12-7-8-14(15(18)9-12)10-17-11-16(19)13-5-3-2-4-6-13/h4,6,8,10-14H,3,5,7,9H2,1-2H3,(H,22,23);6-11H,12H2,1-5H3;4-11H,1,12H2,2-3H3;4-9,11H,10H2,1-3H3;3-11H,12H2,1-2H3;3-6,8,10-12H,7,9H2,1-2H3;2-10,18H,11H2,1H3/b19-14+;;;;;;. The number of para-hydroxylation sites is 1. The van der Waals surface area contributed by atoms with Crippen molar-refractivity contribution in [1.29, 1.82) is 0 Å². The SMILES string of the molecule is C=C(C)c1cccc(C(=O)CN=C(C)c2ccccn2)c1.CC(=NCC(=O)c1ccc(C)c(C)c1)c1ccc(C)cc1C.CCc1ccc2c(c1)CCC/C2=C\NC(=O)c1cccc(C)c1.COc1ccc(CCN=Cc2cccnc2)cc1OC.COc1cccc(C=NCC(=O)c2ccc(=O)n(C)c2)c1OC.Cc1ccc(C=NCC(=O)c2ccccc2)c(O)c1.Cc1cccc(C(=O)CN=Cc2ccccc2C)c1. The number of hydrogen-bond donors (Lipinski definition) is 2. The van der Waals surface area contributed by atoms with E-state index in [0.717, 1.165) is 140 Å². The lowest BCUT2D eigenvalue weighted by Gasteiger charge is -2.20. The van der Waals surface area contributed by atoms with Gasteiger partial charge in [-0.05, 0) is 272 Å². The number of nitrogens with one attached hydrogen (secondary N) is 1. The molecule has 15 rings (SSSR count). The number of allylic oxidation sites excluding steroid dienone is 2. The molecule has 0 radical (unpaired) electrons. The number of pyridine rings is 3. The van der Waals surface area contributed by atoms with E-state index in [4.69, 9.17) is 18.9 Å². The number of amides is 1. The minimum absolute atomic E-state index is 0.00613. The molecule has 0 saturated heterocycles. The van der Waals surface area contributed by atoms with E-state index < -0.39 is 0 Å². The third kappa shape index (κ3) is 37.4. The number of ketones is 5. The van der Waals surface area contributed by atoms with Crippen molar-refractivity contribution in [3.63, 3.8) is 0 Å². The van der Waals surface area contributed by atoms with Crippen LogP contribution in [0.15, 0.2) is 351 Å². The number of phenolic OH excluding ortho intramolecular Hbond substituents is 1. The summed E-state index contributed by atoms with van der Waals surface area (Å²) in [5.74, 6) is 2.69. The van der Waals surface area contributed by atoms with Gasteiger partial charge in [0, 0.05) is 131 Å². The van der Waals surface area contributed by atoms with Gasteiger partial charge in [-0.3, -0.25) is 73.5 Å². The summed E-state index contributed by atoms with van der Waals surface area (Å²) < 4.78 is 22.4. The number of carbonyl (C=O) groups excluding carboxylic acids is 6. The van der Waals surface area contributed by atoms with E-state index >= 15 is 0 Å². The van der Waals surface area contributed by atoms with Crippen LogP contribution in [0.5, 0.6) is 28.7 Å². The summed E-state index contributed by atoms with van der Waals surface area (Å²) in [6.07, 6.45) is 20.6. The van der Waals surface area contributed by atoms with Gasteiger partial charge in [-0.15, -0.1) is 0 Å². The largest absolute Gasteiger partial charge is 0.507 e. The van der Waals surface area contributed by atoms with Crippen LogP contribution < -0.4 is 29.8 Å². The smallest absolute Gasteiger partial charge is 0.255 e. The lowest BCUT2D eigenvalue weighted by Crippen LogP contribution is -2.18. The Labute approximate surface area is 864 Å². The minimum Gasteiger partial charge on any atom is -0.507 e. The Balaban J connectivity index is 0.000000191. The molecule has 14 aromatic rings. The van der Waals surface area contributed by atoms with Crippen LogP contribution in [0.1, 0.15) is 209 Å². The molecule has 0 saturated carbocycles. The summed E-state index contributed by atoms with van der Waals surface area (Å²) in [6.45, 7) is 29.3. The highest BCUT2D eigenvalue weighted by atomic mass is 16.5. The van der Waals surface area contributed by atoms with Gasteiger partial charge < -0.3 is 33.9 Å². The van der Waals surface area contributed by atoms with E-state index in [1.807, 2.05) is 269 Å². The summed E-state index contributed by atoms with van der Waals surface area (Å²) in [4.78, 5) is 118. The van der Waals surface area contributed by atoms with Crippen LogP contribution in [0.4, 0.5) is 0 Å². The van der Waals surface area contributed by atoms with Crippen LogP contribution >= 0.6 is 0 Å². The number of aromatic nitrogens is 3. The first-order valence-corrected chi connectivity index (χ1v) is 48.5. The average Bonchev–Trinajstić information content (AvgIpc) is 0.804. The summed E-state index contributed by atoms with van der Waals surface area (Å²) in [5.41, 5.74) is 28.3. The first kappa shape index (κ1) is 114. The molecule has 22 heteroatoms. The highest BCUT2D eigenvalue weighted by Crippen LogP contribution is 2.33. The maximum atomic E-state index is 12.3. The van der Waals surface area contributed by atoms with Gasteiger partial charge in [0.2, 0.25) is 5.56 Å². The number of hydrogen-bond acceptors (Lipinski definition) is 20. The Morgan fingerprint density at radius 1 is 0.435 bits per heavy atom. The number of rotatable bonds is 32. The molecule has 0 aliphatic heterocycles. The molecule has 3 heterocycles. The fourth-order valence-corrected chi connectivity index (χ4v) is 15.1. The Bertz CT molecular complexity index is 7140. The number of methoxy groups -OCH3 is 4. The van der Waals surface area contributed by atoms with Gasteiger partial charge in [0.15, 0.2) is 51.9 Å². The summed E-state index contributed by atoms with van der Waals surface area (Å²) in [5, 5.41) is 12.7. The molecule has 1 amide bonds. The Hall–Kier alpha value is -17.0. The summed E-state index contributed by atoms with van der Waals surface area (Å²) in [6, 6.07) is 87.7. The van der Waals surface area contributed by atoms with Gasteiger partial charge in [0.1, 0.15) is 38.5 Å². The maximum absolute atomic E-state index is 12.3. The van der Waals surface area contributed by atoms with Gasteiger partial charge in [0.25, 0.3) is 5.91 Å². The van der Waals surface area contributed by atoms with E-state index in [1.54, 1.807) is 103 Å². The van der Waals surface area contributed by atoms with Crippen molar-refractivity contribution in [2.75, 3.05) is 67.7 Å². The van der Waals surface area contributed by atoms with Crippen molar-refractivity contribution < 1.29 is 52.8 Å². The van der Waals surface area contributed by atoms with Gasteiger partial charge in [0.05, 0.1) is 39.8 Å². The third-order valence-electron chi connectivity index (χ3n) is 23.7. The molecule has 0 atom stereocenters. The molecule has 0 spiro atoms. The van der Waals surface area contributed by atoms with Crippen LogP contribution in [0, 0.1) is 55.4 Å². The molecule has 0 fully saturated rings. The number of aromatic hydroxyl groups is 1. The predicted molar refractivity (Wildman–Crippen MR) is 599 cm³/mol. The van der Waals surface area contributed by atoms with E-state index in [0.29, 0.717) is 39.3 Å². The predicted octanol–water partition coefficient (Wildman–Crippen LogP) is 24.2. The molecular formula is C125H132N10O12. The molecule has 2 N–H and O–H groups in total. The molecule has 3 aromatic heterocycles. The van der Waals surface area contributed by atoms with Gasteiger partial charge >= 0.3 is 0 Å². The number of carbonyl (C=O) groups is 6. The Morgan fingerprint density at radius 2 is 1.01 bits per heavy atom. The topological polar surface area (TPSA) is 294 Å². The summed E-state index contributed by atoms with van der Waals surface area (Å²) in [7, 11) is 7.98. The second kappa shape index (κ2) is 59.8. The number of benzene rings is 11. The normalized spacial score (nSPS) is 11.7. The van der Waals surface area contributed by atoms with Gasteiger partial charge in [-0.25, -0.2) is 0 Å². The van der Waals surface area contributed by atoms with Crippen molar-refractivity contribution >= 4 is 82.3 Å². The number of phenols is 1. The zero-order valence-electron chi connectivity index (χ0n) is 87.2. The third-order valence-corrected chi connectivity index (χ3v) is 23.7.